The van der Waals surface area contributed by atoms with Crippen LogP contribution in [0.2, 0.25) is 0 Å². The summed E-state index contributed by atoms with van der Waals surface area (Å²) in [6.45, 7) is 9.48. The first-order valence-corrected chi connectivity index (χ1v) is 16.5. The Morgan fingerprint density at radius 3 is 2.17 bits per heavy atom. The number of unbranched alkanes of at least 4 members (excludes halogenated alkanes) is 5. The number of aromatic hydroxyl groups is 1. The number of ether oxygens (including phenoxy) is 2. The topological polar surface area (TPSA) is 117 Å². The van der Waals surface area contributed by atoms with E-state index in [-0.39, 0.29) is 18.7 Å². The lowest BCUT2D eigenvalue weighted by Crippen LogP contribution is -2.53. The zero-order valence-electron chi connectivity index (χ0n) is 28.7. The summed E-state index contributed by atoms with van der Waals surface area (Å²) >= 11 is 0. The highest BCUT2D eigenvalue weighted by atomic mass is 16.6. The molecule has 0 aliphatic carbocycles. The number of carbonyl (C=O) groups excluding carboxylic acids is 3. The number of phenolic OH excluding ortho intramolecular Hbond substituents is 1. The molecule has 0 heterocycles. The quantitative estimate of drug-likeness (QED) is 0.137. The Morgan fingerprint density at radius 1 is 0.894 bits per heavy atom. The standard InChI is InChI=1S/C38H51N3O6/c1-7-8-9-10-11-15-24-41(36(44)32(26-28-16-13-12-14-17-28)40-37(45)47-38(3,4)5)34(29-18-23-33(42)27(2)25-29)35(43)39-30-19-21-31(46-6)22-20-30/h12-14,16-23,25,32,34,42H,7-11,15,24,26H2,1-6H3,(H,39,43)(H,40,45). The number of nitrogens with zero attached hydrogens (tertiary/aromatic N) is 1. The maximum Gasteiger partial charge on any atom is 0.408 e. The molecule has 3 aromatic rings. The second-order valence-electron chi connectivity index (χ2n) is 12.9. The van der Waals surface area contributed by atoms with Crippen LogP contribution in [0.3, 0.4) is 0 Å². The van der Waals surface area contributed by atoms with E-state index in [1.165, 1.54) is 6.07 Å². The second kappa shape index (κ2) is 18.0. The summed E-state index contributed by atoms with van der Waals surface area (Å²) in [6, 6.07) is 19.2. The van der Waals surface area contributed by atoms with E-state index in [0.29, 0.717) is 29.0 Å². The SMILES string of the molecule is CCCCCCCCN(C(=O)C(Cc1ccccc1)NC(=O)OC(C)(C)C)C(C(=O)Nc1ccc(OC)cc1)c1ccc(O)c(C)c1. The fourth-order valence-electron chi connectivity index (χ4n) is 5.34. The maximum absolute atomic E-state index is 14.7. The molecule has 0 aliphatic rings. The van der Waals surface area contributed by atoms with Gasteiger partial charge in [-0.3, -0.25) is 9.59 Å². The maximum atomic E-state index is 14.7. The molecule has 0 aliphatic heterocycles. The van der Waals surface area contributed by atoms with Crippen molar-refractivity contribution in [3.8, 4) is 11.5 Å². The minimum atomic E-state index is -1.06. The fraction of sp³-hybridized carbons (Fsp3) is 0.447. The Hall–Kier alpha value is -4.53. The van der Waals surface area contributed by atoms with Crippen molar-refractivity contribution >= 4 is 23.6 Å². The molecule has 47 heavy (non-hydrogen) atoms. The number of alkyl carbamates (subject to hydrolysis) is 1. The highest BCUT2D eigenvalue weighted by molar-refractivity contribution is 5.99. The van der Waals surface area contributed by atoms with Crippen LogP contribution in [0.5, 0.6) is 11.5 Å². The van der Waals surface area contributed by atoms with Gasteiger partial charge >= 0.3 is 6.09 Å². The van der Waals surface area contributed by atoms with E-state index in [2.05, 4.69) is 17.6 Å². The molecular formula is C38H51N3O6. The largest absolute Gasteiger partial charge is 0.508 e. The van der Waals surface area contributed by atoms with Crippen molar-refractivity contribution in [3.05, 3.63) is 89.5 Å². The number of anilines is 1. The zero-order valence-corrected chi connectivity index (χ0v) is 28.7. The number of rotatable bonds is 16. The lowest BCUT2D eigenvalue weighted by Gasteiger charge is -2.35. The van der Waals surface area contributed by atoms with Crippen LogP contribution in [-0.2, 0) is 20.7 Å². The van der Waals surface area contributed by atoms with Crippen LogP contribution < -0.4 is 15.4 Å². The van der Waals surface area contributed by atoms with Crippen molar-refractivity contribution in [1.82, 2.24) is 10.2 Å². The van der Waals surface area contributed by atoms with Gasteiger partial charge in [0.05, 0.1) is 7.11 Å². The molecule has 0 spiro atoms. The molecule has 9 nitrogen and oxygen atoms in total. The molecule has 0 saturated carbocycles. The van der Waals surface area contributed by atoms with Gasteiger partial charge in [-0.05, 0) is 87.2 Å². The molecule has 0 saturated heterocycles. The Bertz CT molecular complexity index is 1440. The molecule has 9 heteroatoms. The number of amides is 3. The zero-order chi connectivity index (χ0) is 34.4. The fourth-order valence-corrected chi connectivity index (χ4v) is 5.34. The van der Waals surface area contributed by atoms with Gasteiger partial charge in [-0.25, -0.2) is 4.79 Å². The van der Waals surface area contributed by atoms with Crippen LogP contribution in [-0.4, -0.2) is 53.2 Å². The Morgan fingerprint density at radius 2 is 1.55 bits per heavy atom. The third kappa shape index (κ3) is 12.0. The van der Waals surface area contributed by atoms with E-state index in [4.69, 9.17) is 9.47 Å². The van der Waals surface area contributed by atoms with Gasteiger partial charge in [0.1, 0.15) is 29.2 Å². The normalized spacial score (nSPS) is 12.5. The first-order valence-electron chi connectivity index (χ1n) is 16.5. The predicted molar refractivity (Wildman–Crippen MR) is 186 cm³/mol. The molecule has 3 aromatic carbocycles. The van der Waals surface area contributed by atoms with Gasteiger partial charge in [0.25, 0.3) is 5.91 Å². The van der Waals surface area contributed by atoms with Gasteiger partial charge in [-0.1, -0.05) is 75.4 Å². The summed E-state index contributed by atoms with van der Waals surface area (Å²) in [4.78, 5) is 43.6. The van der Waals surface area contributed by atoms with E-state index in [0.717, 1.165) is 37.7 Å². The molecular weight excluding hydrogens is 594 g/mol. The average Bonchev–Trinajstić information content (AvgIpc) is 3.03. The van der Waals surface area contributed by atoms with E-state index in [9.17, 15) is 19.5 Å². The van der Waals surface area contributed by atoms with Crippen molar-refractivity contribution in [3.63, 3.8) is 0 Å². The molecule has 0 bridgehead atoms. The Kier molecular flexibility index (Phi) is 14.1. The summed E-state index contributed by atoms with van der Waals surface area (Å²) in [5.74, 6) is -0.0971. The predicted octanol–water partition coefficient (Wildman–Crippen LogP) is 7.71. The third-order valence-corrected chi connectivity index (χ3v) is 7.76. The van der Waals surface area contributed by atoms with Crippen molar-refractivity contribution < 1.29 is 29.0 Å². The minimum Gasteiger partial charge on any atom is -0.508 e. The summed E-state index contributed by atoms with van der Waals surface area (Å²) in [5, 5.41) is 16.1. The van der Waals surface area contributed by atoms with E-state index >= 15 is 0 Å². The summed E-state index contributed by atoms with van der Waals surface area (Å²) in [5.41, 5.74) is 1.73. The van der Waals surface area contributed by atoms with Crippen LogP contribution in [0.1, 0.15) is 89.0 Å². The van der Waals surface area contributed by atoms with Crippen LogP contribution >= 0.6 is 0 Å². The molecule has 254 valence electrons. The van der Waals surface area contributed by atoms with Crippen LogP contribution in [0, 0.1) is 6.92 Å². The van der Waals surface area contributed by atoms with Gasteiger partial charge < -0.3 is 30.1 Å². The van der Waals surface area contributed by atoms with Gasteiger partial charge in [0, 0.05) is 18.7 Å². The number of methoxy groups -OCH3 is 1. The number of nitrogens with one attached hydrogen (secondary N) is 2. The van der Waals surface area contributed by atoms with E-state index < -0.39 is 35.6 Å². The van der Waals surface area contributed by atoms with E-state index in [1.54, 1.807) is 76.1 Å². The lowest BCUT2D eigenvalue weighted by atomic mass is 9.98. The number of phenols is 1. The van der Waals surface area contributed by atoms with Crippen molar-refractivity contribution in [2.45, 2.75) is 97.2 Å². The van der Waals surface area contributed by atoms with Crippen LogP contribution in [0.25, 0.3) is 0 Å². The molecule has 3 N–H and O–H groups in total. The van der Waals surface area contributed by atoms with Crippen molar-refractivity contribution in [2.75, 3.05) is 19.0 Å². The number of carbonyl (C=O) groups is 3. The summed E-state index contributed by atoms with van der Waals surface area (Å²) < 4.78 is 10.8. The van der Waals surface area contributed by atoms with Gasteiger partial charge in [0.2, 0.25) is 5.91 Å². The smallest absolute Gasteiger partial charge is 0.408 e. The van der Waals surface area contributed by atoms with Gasteiger partial charge in [-0.15, -0.1) is 0 Å². The summed E-state index contributed by atoms with van der Waals surface area (Å²) in [6.07, 6.45) is 5.41. The molecule has 0 aromatic heterocycles. The number of hydrogen-bond donors (Lipinski definition) is 3. The first kappa shape index (κ1) is 36.9. The number of benzene rings is 3. The highest BCUT2D eigenvalue weighted by Crippen LogP contribution is 2.29. The van der Waals surface area contributed by atoms with Crippen LogP contribution in [0.15, 0.2) is 72.8 Å². The molecule has 0 fully saturated rings. The average molecular weight is 646 g/mol. The third-order valence-electron chi connectivity index (χ3n) is 7.76. The molecule has 3 rings (SSSR count). The number of aryl methyl sites for hydroxylation is 1. The second-order valence-corrected chi connectivity index (χ2v) is 12.9. The number of hydrogen-bond acceptors (Lipinski definition) is 6. The van der Waals surface area contributed by atoms with Crippen molar-refractivity contribution in [1.29, 1.82) is 0 Å². The highest BCUT2D eigenvalue weighted by Gasteiger charge is 2.36. The van der Waals surface area contributed by atoms with Gasteiger partial charge in [-0.2, -0.15) is 0 Å². The first-order chi connectivity index (χ1) is 22.4. The Balaban J connectivity index is 2.06. The van der Waals surface area contributed by atoms with Crippen molar-refractivity contribution in [2.24, 2.45) is 0 Å². The van der Waals surface area contributed by atoms with Gasteiger partial charge in [0.15, 0.2) is 0 Å². The van der Waals surface area contributed by atoms with E-state index in [1.807, 2.05) is 30.3 Å². The summed E-state index contributed by atoms with van der Waals surface area (Å²) in [7, 11) is 1.57. The molecule has 2 unspecified atom stereocenters. The lowest BCUT2D eigenvalue weighted by molar-refractivity contribution is -0.140. The molecule has 0 radical (unpaired) electrons. The van der Waals surface area contributed by atoms with Crippen LogP contribution in [0.4, 0.5) is 10.5 Å². The molecule has 2 atom stereocenters. The Labute approximate surface area is 279 Å². The minimum absolute atomic E-state index is 0.0883. The monoisotopic (exact) mass is 645 g/mol. The molecule has 3 amide bonds.